The summed E-state index contributed by atoms with van der Waals surface area (Å²) in [5.74, 6) is 0. The zero-order chi connectivity index (χ0) is 11.9. The van der Waals surface area contributed by atoms with Gasteiger partial charge < -0.3 is 0 Å². The molecule has 0 amide bonds. The van der Waals surface area contributed by atoms with E-state index in [-0.39, 0.29) is 6.04 Å². The molecule has 0 saturated heterocycles. The first-order chi connectivity index (χ1) is 8.34. The predicted octanol–water partition coefficient (Wildman–Crippen LogP) is 3.13. The summed E-state index contributed by atoms with van der Waals surface area (Å²) >= 11 is 0. The van der Waals surface area contributed by atoms with E-state index in [4.69, 9.17) is 0 Å². The van der Waals surface area contributed by atoms with Crippen LogP contribution in [0.1, 0.15) is 18.1 Å². The molecule has 1 aromatic heterocycles. The normalized spacial score (nSPS) is 12.8. The number of hydrogen-bond donors (Lipinski definition) is 0. The number of hydrogen-bond acceptors (Lipinski definition) is 2. The fourth-order valence-corrected chi connectivity index (χ4v) is 1.67. The van der Waals surface area contributed by atoms with Crippen LogP contribution < -0.4 is 0 Å². The molecule has 0 aliphatic heterocycles. The molecular weight excluding hydrogens is 208 g/mol. The van der Waals surface area contributed by atoms with Gasteiger partial charge in [-0.1, -0.05) is 36.4 Å². The van der Waals surface area contributed by atoms with Crippen molar-refractivity contribution in [3.05, 3.63) is 66.0 Å². The van der Waals surface area contributed by atoms with Crippen LogP contribution in [0, 0.1) is 0 Å². The highest BCUT2D eigenvalue weighted by atomic mass is 14.8. The first kappa shape index (κ1) is 11.5. The minimum atomic E-state index is 0.289. The van der Waals surface area contributed by atoms with Gasteiger partial charge in [0.25, 0.3) is 0 Å². The van der Waals surface area contributed by atoms with Crippen LogP contribution in [0.25, 0.3) is 0 Å². The maximum atomic E-state index is 4.52. The third-order valence-corrected chi connectivity index (χ3v) is 2.54. The Morgan fingerprint density at radius 2 is 2.00 bits per heavy atom. The number of aromatic nitrogens is 1. The summed E-state index contributed by atoms with van der Waals surface area (Å²) in [5.41, 5.74) is 2.37. The Labute approximate surface area is 102 Å². The Morgan fingerprint density at radius 1 is 1.18 bits per heavy atom. The highest BCUT2D eigenvalue weighted by Crippen LogP contribution is 2.05. The second kappa shape index (κ2) is 5.94. The molecule has 2 nitrogen and oxygen atoms in total. The lowest BCUT2D eigenvalue weighted by Crippen LogP contribution is -2.03. The summed E-state index contributed by atoms with van der Waals surface area (Å²) in [6.45, 7) is 2.12. The van der Waals surface area contributed by atoms with E-state index in [0.717, 1.165) is 12.0 Å². The fraction of sp³-hybridized carbons (Fsp3) is 0.200. The summed E-state index contributed by atoms with van der Waals surface area (Å²) in [7, 11) is 0. The maximum absolute atomic E-state index is 4.52. The lowest BCUT2D eigenvalue weighted by molar-refractivity contribution is 0.744. The van der Waals surface area contributed by atoms with Gasteiger partial charge in [-0.3, -0.25) is 9.98 Å². The average molecular weight is 224 g/mol. The standard InChI is InChI=1S/C15H16N2/c1-13(10-14-6-3-2-4-7-14)17-12-15-8-5-9-16-11-15/h2-9,11-13H,10H2,1H3/t13-/m1/s1. The molecule has 0 aliphatic carbocycles. The molecule has 0 unspecified atom stereocenters. The molecule has 0 spiro atoms. The first-order valence-electron chi connectivity index (χ1n) is 5.82. The molecule has 0 fully saturated rings. The topological polar surface area (TPSA) is 25.2 Å². The van der Waals surface area contributed by atoms with Crippen molar-refractivity contribution in [3.8, 4) is 0 Å². The average Bonchev–Trinajstić information content (AvgIpc) is 2.39. The van der Waals surface area contributed by atoms with Gasteiger partial charge in [-0.05, 0) is 25.0 Å². The predicted molar refractivity (Wildman–Crippen MR) is 71.4 cm³/mol. The van der Waals surface area contributed by atoms with Gasteiger partial charge in [0.15, 0.2) is 0 Å². The highest BCUT2D eigenvalue weighted by molar-refractivity contribution is 5.78. The maximum Gasteiger partial charge on any atom is 0.0512 e. The molecule has 86 valence electrons. The summed E-state index contributed by atoms with van der Waals surface area (Å²) < 4.78 is 0. The Bertz CT molecular complexity index is 463. The number of rotatable bonds is 4. The Hall–Kier alpha value is -1.96. The first-order valence-corrected chi connectivity index (χ1v) is 5.82. The molecule has 0 bridgehead atoms. The van der Waals surface area contributed by atoms with E-state index in [2.05, 4.69) is 41.2 Å². The van der Waals surface area contributed by atoms with Gasteiger partial charge in [0, 0.05) is 24.2 Å². The van der Waals surface area contributed by atoms with Crippen molar-refractivity contribution in [1.29, 1.82) is 0 Å². The van der Waals surface area contributed by atoms with E-state index in [9.17, 15) is 0 Å². The van der Waals surface area contributed by atoms with Crippen LogP contribution in [0.2, 0.25) is 0 Å². The molecule has 1 aromatic carbocycles. The van der Waals surface area contributed by atoms with E-state index in [0.29, 0.717) is 0 Å². The monoisotopic (exact) mass is 224 g/mol. The highest BCUT2D eigenvalue weighted by Gasteiger charge is 1.99. The molecule has 0 N–H and O–H groups in total. The molecule has 2 rings (SSSR count). The number of benzene rings is 1. The molecule has 0 radical (unpaired) electrons. The van der Waals surface area contributed by atoms with Crippen molar-refractivity contribution < 1.29 is 0 Å². The van der Waals surface area contributed by atoms with Crippen LogP contribution in [0.4, 0.5) is 0 Å². The van der Waals surface area contributed by atoms with Crippen molar-refractivity contribution in [3.63, 3.8) is 0 Å². The minimum Gasteiger partial charge on any atom is -0.289 e. The minimum absolute atomic E-state index is 0.289. The third kappa shape index (κ3) is 3.83. The SMILES string of the molecule is C[C@H](Cc1ccccc1)N=Cc1cccnc1. The van der Waals surface area contributed by atoms with E-state index >= 15 is 0 Å². The smallest absolute Gasteiger partial charge is 0.0512 e. The van der Waals surface area contributed by atoms with Crippen molar-refractivity contribution in [1.82, 2.24) is 4.98 Å². The van der Waals surface area contributed by atoms with E-state index < -0.39 is 0 Å². The van der Waals surface area contributed by atoms with Gasteiger partial charge >= 0.3 is 0 Å². The molecule has 1 atom stereocenters. The van der Waals surface area contributed by atoms with Crippen LogP contribution in [-0.2, 0) is 6.42 Å². The van der Waals surface area contributed by atoms with Gasteiger partial charge in [0.2, 0.25) is 0 Å². The third-order valence-electron chi connectivity index (χ3n) is 2.54. The van der Waals surface area contributed by atoms with Gasteiger partial charge in [-0.2, -0.15) is 0 Å². The molecule has 2 aromatic rings. The number of pyridine rings is 1. The summed E-state index contributed by atoms with van der Waals surface area (Å²) in [6, 6.07) is 14.6. The van der Waals surface area contributed by atoms with Crippen molar-refractivity contribution in [2.24, 2.45) is 4.99 Å². The van der Waals surface area contributed by atoms with E-state index in [1.165, 1.54) is 5.56 Å². The van der Waals surface area contributed by atoms with Crippen molar-refractivity contribution >= 4 is 6.21 Å². The Morgan fingerprint density at radius 3 is 2.71 bits per heavy atom. The zero-order valence-electron chi connectivity index (χ0n) is 9.95. The molecule has 1 heterocycles. The lowest BCUT2D eigenvalue weighted by atomic mass is 10.1. The van der Waals surface area contributed by atoms with Crippen LogP contribution in [0.15, 0.2) is 59.9 Å². The molecule has 2 heteroatoms. The Kier molecular flexibility index (Phi) is 4.03. The van der Waals surface area contributed by atoms with Gasteiger partial charge in [0.05, 0.1) is 6.04 Å². The van der Waals surface area contributed by atoms with Crippen LogP contribution in [0.5, 0.6) is 0 Å². The fourth-order valence-electron chi connectivity index (χ4n) is 1.67. The van der Waals surface area contributed by atoms with Crippen LogP contribution in [0.3, 0.4) is 0 Å². The second-order valence-electron chi connectivity index (χ2n) is 4.10. The van der Waals surface area contributed by atoms with Crippen LogP contribution in [-0.4, -0.2) is 17.2 Å². The van der Waals surface area contributed by atoms with Gasteiger partial charge in [0.1, 0.15) is 0 Å². The van der Waals surface area contributed by atoms with E-state index in [1.54, 1.807) is 6.20 Å². The molecule has 17 heavy (non-hydrogen) atoms. The summed E-state index contributed by atoms with van der Waals surface area (Å²) in [6.07, 6.45) is 6.45. The lowest BCUT2D eigenvalue weighted by Gasteiger charge is -2.05. The Balaban J connectivity index is 1.94. The summed E-state index contributed by atoms with van der Waals surface area (Å²) in [4.78, 5) is 8.58. The van der Waals surface area contributed by atoms with Crippen molar-refractivity contribution in [2.45, 2.75) is 19.4 Å². The molecular formula is C15H16N2. The zero-order valence-corrected chi connectivity index (χ0v) is 9.95. The van der Waals surface area contributed by atoms with Crippen LogP contribution >= 0.6 is 0 Å². The van der Waals surface area contributed by atoms with Gasteiger partial charge in [-0.25, -0.2) is 0 Å². The quantitative estimate of drug-likeness (QED) is 0.732. The van der Waals surface area contributed by atoms with Crippen molar-refractivity contribution in [2.75, 3.05) is 0 Å². The second-order valence-corrected chi connectivity index (χ2v) is 4.10. The number of aliphatic imine (C=N–C) groups is 1. The van der Waals surface area contributed by atoms with Gasteiger partial charge in [-0.15, -0.1) is 0 Å². The number of nitrogens with zero attached hydrogens (tertiary/aromatic N) is 2. The molecule has 0 aliphatic rings. The summed E-state index contributed by atoms with van der Waals surface area (Å²) in [5, 5.41) is 0. The molecule has 0 saturated carbocycles. The van der Waals surface area contributed by atoms with E-state index in [1.807, 2.05) is 30.6 Å². The largest absolute Gasteiger partial charge is 0.289 e.